The lowest BCUT2D eigenvalue weighted by atomic mass is 10.0. The van der Waals surface area contributed by atoms with Crippen LogP contribution in [-0.2, 0) is 9.53 Å². The van der Waals surface area contributed by atoms with Gasteiger partial charge in [0.05, 0.1) is 10.7 Å². The molecule has 0 saturated heterocycles. The number of carbonyl (C=O) groups excluding carboxylic acids is 3. The van der Waals surface area contributed by atoms with E-state index in [4.69, 9.17) is 27.9 Å². The topological polar surface area (TPSA) is 72.5 Å². The lowest BCUT2D eigenvalue weighted by Crippen LogP contribution is -2.35. The van der Waals surface area contributed by atoms with Gasteiger partial charge >= 0.3 is 5.97 Å². The number of anilines is 1. The van der Waals surface area contributed by atoms with Crippen LogP contribution in [0.3, 0.4) is 0 Å². The van der Waals surface area contributed by atoms with Gasteiger partial charge in [-0.2, -0.15) is 0 Å². The number of esters is 1. The van der Waals surface area contributed by atoms with E-state index in [0.29, 0.717) is 21.3 Å². The van der Waals surface area contributed by atoms with E-state index in [1.165, 1.54) is 18.2 Å². The minimum atomic E-state index is -1.13. The Labute approximate surface area is 194 Å². The molecule has 32 heavy (non-hydrogen) atoms. The van der Waals surface area contributed by atoms with E-state index in [0.717, 1.165) is 12.1 Å². The van der Waals surface area contributed by atoms with Crippen LogP contribution in [0.4, 0.5) is 10.1 Å². The van der Waals surface area contributed by atoms with Crippen LogP contribution in [0, 0.1) is 5.82 Å². The zero-order valence-corrected chi connectivity index (χ0v) is 18.2. The second-order valence-corrected chi connectivity index (χ2v) is 7.70. The molecule has 3 aromatic rings. The first-order chi connectivity index (χ1) is 15.3. The molecule has 5 nitrogen and oxygen atoms in total. The summed E-state index contributed by atoms with van der Waals surface area (Å²) < 4.78 is 18.2. The van der Waals surface area contributed by atoms with Gasteiger partial charge in [-0.3, -0.25) is 9.59 Å². The molecular formula is C24H18Cl2FNO4. The van der Waals surface area contributed by atoms with Crippen molar-refractivity contribution >= 4 is 46.4 Å². The van der Waals surface area contributed by atoms with E-state index in [2.05, 4.69) is 5.32 Å². The average molecular weight is 474 g/mol. The SMILES string of the molecule is O=C(COC(=O)[C@@H](CC(=O)c1ccccc1)Nc1cc(Cl)ccc1Cl)c1ccc(F)cc1. The van der Waals surface area contributed by atoms with Gasteiger partial charge in [0.15, 0.2) is 18.2 Å². The zero-order chi connectivity index (χ0) is 23.1. The molecule has 164 valence electrons. The molecule has 0 fully saturated rings. The number of hydrogen-bond donors (Lipinski definition) is 1. The van der Waals surface area contributed by atoms with Crippen molar-refractivity contribution in [1.82, 2.24) is 0 Å². The molecule has 0 radical (unpaired) electrons. The smallest absolute Gasteiger partial charge is 0.329 e. The van der Waals surface area contributed by atoms with Crippen molar-refractivity contribution in [2.45, 2.75) is 12.5 Å². The number of benzene rings is 3. The van der Waals surface area contributed by atoms with E-state index in [1.807, 2.05) is 0 Å². The van der Waals surface area contributed by atoms with E-state index >= 15 is 0 Å². The van der Waals surface area contributed by atoms with Crippen molar-refractivity contribution in [2.75, 3.05) is 11.9 Å². The quantitative estimate of drug-likeness (QED) is 0.322. The van der Waals surface area contributed by atoms with Gasteiger partial charge in [-0.1, -0.05) is 53.5 Å². The molecule has 0 bridgehead atoms. The zero-order valence-electron chi connectivity index (χ0n) is 16.7. The lowest BCUT2D eigenvalue weighted by Gasteiger charge is -2.19. The first-order valence-electron chi connectivity index (χ1n) is 9.58. The van der Waals surface area contributed by atoms with Crippen LogP contribution < -0.4 is 5.32 Å². The molecule has 3 aromatic carbocycles. The van der Waals surface area contributed by atoms with Gasteiger partial charge in [0.2, 0.25) is 0 Å². The van der Waals surface area contributed by atoms with Crippen molar-refractivity contribution in [3.05, 3.63) is 99.8 Å². The Morgan fingerprint density at radius 3 is 2.22 bits per heavy atom. The fourth-order valence-corrected chi connectivity index (χ4v) is 3.22. The Hall–Kier alpha value is -3.22. The number of nitrogens with one attached hydrogen (secondary N) is 1. The molecule has 0 aliphatic heterocycles. The van der Waals surface area contributed by atoms with Gasteiger partial charge in [-0.15, -0.1) is 0 Å². The molecule has 0 saturated carbocycles. The van der Waals surface area contributed by atoms with Gasteiger partial charge < -0.3 is 10.1 Å². The molecule has 8 heteroatoms. The summed E-state index contributed by atoms with van der Waals surface area (Å²) in [6.07, 6.45) is -0.240. The first kappa shape index (κ1) is 23.4. The van der Waals surface area contributed by atoms with E-state index < -0.39 is 30.2 Å². The maximum atomic E-state index is 13.0. The number of halogens is 3. The number of ketones is 2. The van der Waals surface area contributed by atoms with Crippen LogP contribution in [-0.4, -0.2) is 30.2 Å². The number of ether oxygens (including phenoxy) is 1. The Kier molecular flexibility index (Phi) is 7.98. The predicted molar refractivity (Wildman–Crippen MR) is 121 cm³/mol. The molecule has 0 aromatic heterocycles. The third kappa shape index (κ3) is 6.39. The summed E-state index contributed by atoms with van der Waals surface area (Å²) in [7, 11) is 0. The Bertz CT molecular complexity index is 1120. The maximum Gasteiger partial charge on any atom is 0.329 e. The highest BCUT2D eigenvalue weighted by atomic mass is 35.5. The second kappa shape index (κ2) is 10.9. The van der Waals surface area contributed by atoms with Gasteiger partial charge in [-0.05, 0) is 42.5 Å². The number of hydrogen-bond acceptors (Lipinski definition) is 5. The second-order valence-electron chi connectivity index (χ2n) is 6.85. The minimum Gasteiger partial charge on any atom is -0.456 e. The minimum absolute atomic E-state index is 0.196. The van der Waals surface area contributed by atoms with Gasteiger partial charge in [0.1, 0.15) is 11.9 Å². The molecule has 0 amide bonds. The molecule has 1 N–H and O–H groups in total. The van der Waals surface area contributed by atoms with Crippen LogP contribution >= 0.6 is 23.2 Å². The number of Topliss-reactive ketones (excluding diaryl/α,β-unsaturated/α-hetero) is 2. The van der Waals surface area contributed by atoms with Crippen LogP contribution in [0.25, 0.3) is 0 Å². The van der Waals surface area contributed by atoms with E-state index in [-0.39, 0.29) is 17.8 Å². The van der Waals surface area contributed by atoms with Crippen molar-refractivity contribution in [3.63, 3.8) is 0 Å². The summed E-state index contributed by atoms with van der Waals surface area (Å²) in [5, 5.41) is 3.56. The summed E-state index contributed by atoms with van der Waals surface area (Å²) in [5.41, 5.74) is 0.959. The Morgan fingerprint density at radius 2 is 1.53 bits per heavy atom. The molecule has 0 aliphatic rings. The summed E-state index contributed by atoms with van der Waals surface area (Å²) in [5.74, 6) is -2.11. The first-order valence-corrected chi connectivity index (χ1v) is 10.3. The molecule has 3 rings (SSSR count). The third-order valence-corrected chi connectivity index (χ3v) is 5.10. The van der Waals surface area contributed by atoms with Crippen molar-refractivity contribution in [3.8, 4) is 0 Å². The standard InChI is InChI=1S/C24H18Cl2FNO4/c25-17-8-11-19(26)20(12-17)28-21(13-22(29)15-4-2-1-3-5-15)24(31)32-14-23(30)16-6-9-18(27)10-7-16/h1-12,21,28H,13-14H2/t21-/m1/s1. The summed E-state index contributed by atoms with van der Waals surface area (Å²) >= 11 is 12.2. The normalized spacial score (nSPS) is 11.5. The van der Waals surface area contributed by atoms with Crippen molar-refractivity contribution < 1.29 is 23.5 Å². The molecule has 0 unspecified atom stereocenters. The molecule has 0 spiro atoms. The van der Waals surface area contributed by atoms with Gasteiger partial charge in [-0.25, -0.2) is 9.18 Å². The number of carbonyl (C=O) groups is 3. The maximum absolute atomic E-state index is 13.0. The largest absolute Gasteiger partial charge is 0.456 e. The van der Waals surface area contributed by atoms with Crippen molar-refractivity contribution in [1.29, 1.82) is 0 Å². The van der Waals surface area contributed by atoms with Crippen LogP contribution in [0.2, 0.25) is 10.0 Å². The Morgan fingerprint density at radius 1 is 0.875 bits per heavy atom. The van der Waals surface area contributed by atoms with Crippen LogP contribution in [0.1, 0.15) is 27.1 Å². The number of rotatable bonds is 9. The molecule has 0 heterocycles. The fourth-order valence-electron chi connectivity index (χ4n) is 2.87. The highest BCUT2D eigenvalue weighted by molar-refractivity contribution is 6.35. The Balaban J connectivity index is 1.74. The van der Waals surface area contributed by atoms with E-state index in [1.54, 1.807) is 42.5 Å². The summed E-state index contributed by atoms with van der Waals surface area (Å²) in [6, 6.07) is 16.9. The predicted octanol–water partition coefficient (Wildman–Crippen LogP) is 5.61. The lowest BCUT2D eigenvalue weighted by molar-refractivity contribution is -0.143. The van der Waals surface area contributed by atoms with Crippen LogP contribution in [0.5, 0.6) is 0 Å². The molecule has 0 aliphatic carbocycles. The van der Waals surface area contributed by atoms with Gasteiger partial charge in [0, 0.05) is 22.6 Å². The summed E-state index contributed by atoms with van der Waals surface area (Å²) in [4.78, 5) is 37.7. The third-order valence-electron chi connectivity index (χ3n) is 4.54. The molecular weight excluding hydrogens is 456 g/mol. The highest BCUT2D eigenvalue weighted by Gasteiger charge is 2.26. The van der Waals surface area contributed by atoms with E-state index in [9.17, 15) is 18.8 Å². The highest BCUT2D eigenvalue weighted by Crippen LogP contribution is 2.27. The average Bonchev–Trinajstić information content (AvgIpc) is 2.80. The molecule has 1 atom stereocenters. The van der Waals surface area contributed by atoms with Crippen LogP contribution in [0.15, 0.2) is 72.8 Å². The van der Waals surface area contributed by atoms with Gasteiger partial charge in [0.25, 0.3) is 0 Å². The fraction of sp³-hybridized carbons (Fsp3) is 0.125. The monoisotopic (exact) mass is 473 g/mol. The summed E-state index contributed by atoms with van der Waals surface area (Å²) in [6.45, 7) is -0.564. The van der Waals surface area contributed by atoms with Crippen molar-refractivity contribution in [2.24, 2.45) is 0 Å².